The average molecular weight is 256 g/mol. The molecule has 1 aromatic rings. The molecule has 0 heterocycles. The highest BCUT2D eigenvalue weighted by Crippen LogP contribution is 2.17. The molecule has 0 aromatic heterocycles. The molecule has 1 aromatic carbocycles. The van der Waals surface area contributed by atoms with Gasteiger partial charge < -0.3 is 5.73 Å². The van der Waals surface area contributed by atoms with E-state index in [9.17, 15) is 13.2 Å². The van der Waals surface area contributed by atoms with Crippen LogP contribution in [0.3, 0.4) is 0 Å². The molecule has 0 aliphatic carbocycles. The van der Waals surface area contributed by atoms with E-state index in [4.69, 9.17) is 5.73 Å². The number of nitrogens with two attached hydrogens (primary N) is 1. The van der Waals surface area contributed by atoms with E-state index in [0.29, 0.717) is 5.69 Å². The summed E-state index contributed by atoms with van der Waals surface area (Å²) in [6, 6.07) is 5.78. The lowest BCUT2D eigenvalue weighted by atomic mass is 9.96. The van der Waals surface area contributed by atoms with E-state index < -0.39 is 21.3 Å². The van der Waals surface area contributed by atoms with Crippen LogP contribution in [0.1, 0.15) is 20.8 Å². The van der Waals surface area contributed by atoms with Crippen molar-refractivity contribution in [2.24, 2.45) is 5.41 Å². The molecule has 1 amide bonds. The Kier molecular flexibility index (Phi) is 3.47. The normalized spacial score (nSPS) is 12.2. The number of nitrogens with one attached hydrogen (secondary N) is 1. The summed E-state index contributed by atoms with van der Waals surface area (Å²) < 4.78 is 25.7. The lowest BCUT2D eigenvalue weighted by molar-refractivity contribution is -0.126. The van der Waals surface area contributed by atoms with Crippen molar-refractivity contribution in [1.82, 2.24) is 4.72 Å². The fourth-order valence-electron chi connectivity index (χ4n) is 1.02. The first-order chi connectivity index (χ1) is 7.63. The summed E-state index contributed by atoms with van der Waals surface area (Å²) in [4.78, 5) is 11.6. The SMILES string of the molecule is CC(C)(C)C(=O)NS(=O)(=O)c1cccc(N)c1. The number of sulfonamides is 1. The molecule has 0 saturated heterocycles. The molecule has 0 spiro atoms. The summed E-state index contributed by atoms with van der Waals surface area (Å²) in [5.74, 6) is -0.556. The highest BCUT2D eigenvalue weighted by atomic mass is 32.2. The van der Waals surface area contributed by atoms with Gasteiger partial charge in [-0.15, -0.1) is 0 Å². The zero-order valence-corrected chi connectivity index (χ0v) is 10.8. The van der Waals surface area contributed by atoms with E-state index >= 15 is 0 Å². The first-order valence-electron chi connectivity index (χ1n) is 5.06. The predicted octanol–water partition coefficient (Wildman–Crippen LogP) is 1.12. The first kappa shape index (κ1) is 13.5. The van der Waals surface area contributed by atoms with Crippen LogP contribution in [0.25, 0.3) is 0 Å². The van der Waals surface area contributed by atoms with Gasteiger partial charge in [0.1, 0.15) is 0 Å². The van der Waals surface area contributed by atoms with Gasteiger partial charge in [-0.3, -0.25) is 4.79 Å². The molecule has 94 valence electrons. The van der Waals surface area contributed by atoms with Crippen molar-refractivity contribution in [3.63, 3.8) is 0 Å². The summed E-state index contributed by atoms with van der Waals surface area (Å²) >= 11 is 0. The average Bonchev–Trinajstić information content (AvgIpc) is 2.15. The van der Waals surface area contributed by atoms with Gasteiger partial charge in [0.15, 0.2) is 0 Å². The first-order valence-corrected chi connectivity index (χ1v) is 6.54. The van der Waals surface area contributed by atoms with E-state index in [0.717, 1.165) is 0 Å². The van der Waals surface area contributed by atoms with Crippen LogP contribution in [0.4, 0.5) is 5.69 Å². The summed E-state index contributed by atoms with van der Waals surface area (Å²) in [6.07, 6.45) is 0. The minimum absolute atomic E-state index is 0.0184. The Morgan fingerprint density at radius 3 is 2.35 bits per heavy atom. The maximum absolute atomic E-state index is 11.9. The molecule has 3 N–H and O–H groups in total. The highest BCUT2D eigenvalue weighted by Gasteiger charge is 2.26. The second-order valence-corrected chi connectivity index (χ2v) is 6.44. The number of hydrogen-bond donors (Lipinski definition) is 2. The second kappa shape index (κ2) is 4.37. The Bertz CT molecular complexity index is 530. The van der Waals surface area contributed by atoms with Gasteiger partial charge >= 0.3 is 0 Å². The van der Waals surface area contributed by atoms with Crippen LogP contribution in [0.2, 0.25) is 0 Å². The fraction of sp³-hybridized carbons (Fsp3) is 0.364. The Morgan fingerprint density at radius 1 is 1.29 bits per heavy atom. The van der Waals surface area contributed by atoms with Crippen molar-refractivity contribution in [2.45, 2.75) is 25.7 Å². The predicted molar refractivity (Wildman–Crippen MR) is 65.6 cm³/mol. The third-order valence-electron chi connectivity index (χ3n) is 2.08. The van der Waals surface area contributed by atoms with Crippen LogP contribution < -0.4 is 10.5 Å². The molecular formula is C11H16N2O3S. The van der Waals surface area contributed by atoms with Crippen LogP contribution in [-0.4, -0.2) is 14.3 Å². The van der Waals surface area contributed by atoms with Gasteiger partial charge in [-0.2, -0.15) is 0 Å². The maximum Gasteiger partial charge on any atom is 0.264 e. The highest BCUT2D eigenvalue weighted by molar-refractivity contribution is 7.90. The molecule has 0 atom stereocenters. The standard InChI is InChI=1S/C11H16N2O3S/c1-11(2,3)10(14)13-17(15,16)9-6-4-5-8(12)7-9/h4-7H,12H2,1-3H3,(H,13,14). The van der Waals surface area contributed by atoms with E-state index in [1.54, 1.807) is 26.8 Å². The molecule has 0 unspecified atom stereocenters. The van der Waals surface area contributed by atoms with Crippen molar-refractivity contribution >= 4 is 21.6 Å². The van der Waals surface area contributed by atoms with Crippen molar-refractivity contribution in [3.05, 3.63) is 24.3 Å². The van der Waals surface area contributed by atoms with Gasteiger partial charge in [0.2, 0.25) is 5.91 Å². The number of nitrogen functional groups attached to an aromatic ring is 1. The minimum Gasteiger partial charge on any atom is -0.399 e. The van der Waals surface area contributed by atoms with Gasteiger partial charge in [-0.25, -0.2) is 13.1 Å². The molecule has 5 nitrogen and oxygen atoms in total. The lowest BCUT2D eigenvalue weighted by Crippen LogP contribution is -2.38. The largest absolute Gasteiger partial charge is 0.399 e. The second-order valence-electron chi connectivity index (χ2n) is 4.76. The number of carbonyl (C=O) groups is 1. The number of benzene rings is 1. The van der Waals surface area contributed by atoms with Crippen molar-refractivity contribution in [1.29, 1.82) is 0 Å². The summed E-state index contributed by atoms with van der Waals surface area (Å²) in [7, 11) is -3.84. The Labute approximate surface area is 101 Å². The Balaban J connectivity index is 3.02. The van der Waals surface area contributed by atoms with Gasteiger partial charge in [0.25, 0.3) is 10.0 Å². The number of rotatable bonds is 2. The molecule has 1 rings (SSSR count). The smallest absolute Gasteiger partial charge is 0.264 e. The van der Waals surface area contributed by atoms with Crippen LogP contribution in [0.15, 0.2) is 29.2 Å². The summed E-state index contributed by atoms with van der Waals surface area (Å²) in [5.41, 5.74) is 5.05. The molecule has 0 aliphatic heterocycles. The summed E-state index contributed by atoms with van der Waals surface area (Å²) in [5, 5.41) is 0. The number of anilines is 1. The molecule has 0 saturated carbocycles. The monoisotopic (exact) mass is 256 g/mol. The number of hydrogen-bond acceptors (Lipinski definition) is 4. The van der Waals surface area contributed by atoms with Crippen LogP contribution in [0.5, 0.6) is 0 Å². The van der Waals surface area contributed by atoms with Gasteiger partial charge in [-0.05, 0) is 18.2 Å². The molecule has 0 radical (unpaired) electrons. The minimum atomic E-state index is -3.84. The molecule has 6 heteroatoms. The molecule has 0 aliphatic rings. The molecule has 17 heavy (non-hydrogen) atoms. The van der Waals surface area contributed by atoms with Crippen LogP contribution in [-0.2, 0) is 14.8 Å². The third-order valence-corrected chi connectivity index (χ3v) is 3.41. The van der Waals surface area contributed by atoms with Crippen molar-refractivity contribution in [3.8, 4) is 0 Å². The molecule has 0 fully saturated rings. The van der Waals surface area contributed by atoms with Crippen LogP contribution >= 0.6 is 0 Å². The fourth-order valence-corrected chi connectivity index (χ4v) is 2.23. The Morgan fingerprint density at radius 2 is 1.88 bits per heavy atom. The summed E-state index contributed by atoms with van der Waals surface area (Å²) in [6.45, 7) is 4.91. The van der Waals surface area contributed by atoms with E-state index in [2.05, 4.69) is 0 Å². The van der Waals surface area contributed by atoms with Crippen LogP contribution in [0, 0.1) is 5.41 Å². The topological polar surface area (TPSA) is 89.3 Å². The lowest BCUT2D eigenvalue weighted by Gasteiger charge is -2.17. The van der Waals surface area contributed by atoms with Crippen molar-refractivity contribution < 1.29 is 13.2 Å². The molecule has 0 bridgehead atoms. The zero-order chi connectivity index (χ0) is 13.3. The maximum atomic E-state index is 11.9. The molecular weight excluding hydrogens is 240 g/mol. The third kappa shape index (κ3) is 3.45. The zero-order valence-electron chi connectivity index (χ0n) is 10.0. The Hall–Kier alpha value is -1.56. The number of carbonyl (C=O) groups excluding carboxylic acids is 1. The van der Waals surface area contributed by atoms with Gasteiger partial charge in [0.05, 0.1) is 4.90 Å². The number of amides is 1. The van der Waals surface area contributed by atoms with Gasteiger partial charge in [0, 0.05) is 11.1 Å². The quantitative estimate of drug-likeness (QED) is 0.776. The van der Waals surface area contributed by atoms with Gasteiger partial charge in [-0.1, -0.05) is 26.8 Å². The van der Waals surface area contributed by atoms with Crippen molar-refractivity contribution in [2.75, 3.05) is 5.73 Å². The van der Waals surface area contributed by atoms with E-state index in [1.807, 2.05) is 4.72 Å². The van der Waals surface area contributed by atoms with E-state index in [-0.39, 0.29) is 4.90 Å². The van der Waals surface area contributed by atoms with E-state index in [1.165, 1.54) is 18.2 Å².